The average Bonchev–Trinajstić information content (AvgIpc) is 3.02. The van der Waals surface area contributed by atoms with Crippen LogP contribution >= 0.6 is 23.1 Å². The van der Waals surface area contributed by atoms with Gasteiger partial charge in [-0.3, -0.25) is 25.0 Å². The van der Waals surface area contributed by atoms with Gasteiger partial charge in [0.05, 0.1) is 25.9 Å². The first-order chi connectivity index (χ1) is 21.6. The lowest BCUT2D eigenvalue weighted by Gasteiger charge is -2.42. The largest absolute Gasteiger partial charge is 0.366 e. The number of halogens is 1. The van der Waals surface area contributed by atoms with E-state index in [1.807, 2.05) is 18.2 Å². The van der Waals surface area contributed by atoms with Crippen molar-refractivity contribution in [3.63, 3.8) is 0 Å². The zero-order chi connectivity index (χ0) is 31.7. The van der Waals surface area contributed by atoms with Crippen molar-refractivity contribution in [1.29, 1.82) is 0 Å². The number of aromatic nitrogens is 4. The summed E-state index contributed by atoms with van der Waals surface area (Å²) in [4.78, 5) is 36.7. The van der Waals surface area contributed by atoms with Gasteiger partial charge in [0.15, 0.2) is 0 Å². The van der Waals surface area contributed by atoms with Crippen molar-refractivity contribution in [2.75, 3.05) is 75.2 Å². The summed E-state index contributed by atoms with van der Waals surface area (Å²) in [6.07, 6.45) is 6.74. The number of benzene rings is 2. The van der Waals surface area contributed by atoms with Gasteiger partial charge in [0.25, 0.3) is 5.69 Å². The van der Waals surface area contributed by atoms with Crippen molar-refractivity contribution in [1.82, 2.24) is 29.7 Å². The SMILES string of the molecule is CN1CCN(C2CCN(c3ccc(Nc4ncc(Br)c(Nc5ccc6nccnc6c5P(C)(C)=O)n4)cc3[N+](=O)[O-])CC2)CC1. The Hall–Kier alpha value is -3.71. The molecule has 0 unspecified atom stereocenters. The standard InChI is InChI=1S/C30H36BrN10O3P/c1-38-14-16-39(17-15-38)21-8-12-40(13-9-21)25-7-4-20(18-26(25)41(42)43)35-30-34-19-22(31)29(37-30)36-24-6-5-23-27(33-11-10-32-23)28(24)45(2,3)44/h4-7,10-11,18-19,21H,8-9,12-17H2,1-3H3,(H2,34,35,36,37). The molecule has 0 aliphatic carbocycles. The van der Waals surface area contributed by atoms with Crippen molar-refractivity contribution >= 4 is 73.9 Å². The monoisotopic (exact) mass is 694 g/mol. The first-order valence-corrected chi connectivity index (χ1v) is 18.3. The summed E-state index contributed by atoms with van der Waals surface area (Å²) in [5.74, 6) is 0.675. The van der Waals surface area contributed by atoms with Crippen molar-refractivity contribution in [2.45, 2.75) is 18.9 Å². The number of rotatable bonds is 8. The molecule has 2 fully saturated rings. The van der Waals surface area contributed by atoms with E-state index < -0.39 is 7.14 Å². The predicted molar refractivity (Wildman–Crippen MR) is 182 cm³/mol. The number of nitrogens with one attached hydrogen (secondary N) is 2. The lowest BCUT2D eigenvalue weighted by Crippen LogP contribution is -2.52. The zero-order valence-electron chi connectivity index (χ0n) is 25.5. The molecule has 2 aromatic carbocycles. The number of hydrogen-bond acceptors (Lipinski definition) is 12. The number of anilines is 5. The lowest BCUT2D eigenvalue weighted by atomic mass is 10.0. The molecule has 0 bridgehead atoms. The minimum Gasteiger partial charge on any atom is -0.366 e. The van der Waals surface area contributed by atoms with E-state index in [1.54, 1.807) is 38.0 Å². The van der Waals surface area contributed by atoms with Crippen molar-refractivity contribution in [3.8, 4) is 0 Å². The molecule has 2 N–H and O–H groups in total. The molecule has 2 aliphatic heterocycles. The van der Waals surface area contributed by atoms with Gasteiger partial charge < -0.3 is 25.0 Å². The van der Waals surface area contributed by atoms with Crippen LogP contribution in [0.4, 0.5) is 34.5 Å². The fourth-order valence-corrected chi connectivity index (χ4v) is 7.80. The first-order valence-electron chi connectivity index (χ1n) is 14.9. The highest BCUT2D eigenvalue weighted by molar-refractivity contribution is 9.10. The highest BCUT2D eigenvalue weighted by Gasteiger charge is 2.29. The smallest absolute Gasteiger partial charge is 0.294 e. The molecule has 45 heavy (non-hydrogen) atoms. The van der Waals surface area contributed by atoms with Crippen LogP contribution in [0.3, 0.4) is 0 Å². The second-order valence-corrected chi connectivity index (χ2v) is 15.9. The van der Waals surface area contributed by atoms with Gasteiger partial charge in [-0.1, -0.05) is 0 Å². The van der Waals surface area contributed by atoms with Gasteiger partial charge in [-0.25, -0.2) is 4.98 Å². The zero-order valence-corrected chi connectivity index (χ0v) is 28.0. The number of nitro groups is 1. The first kappa shape index (κ1) is 31.3. The van der Waals surface area contributed by atoms with E-state index in [4.69, 9.17) is 0 Å². The third kappa shape index (κ3) is 6.94. The minimum atomic E-state index is -2.78. The minimum absolute atomic E-state index is 0.0390. The van der Waals surface area contributed by atoms with Crippen LogP contribution in [-0.4, -0.2) is 100 Å². The fraction of sp³-hybridized carbons (Fsp3) is 0.400. The molecule has 2 saturated heterocycles. The molecule has 4 aromatic rings. The third-order valence-electron chi connectivity index (χ3n) is 8.44. The van der Waals surface area contributed by atoms with Crippen LogP contribution < -0.4 is 20.8 Å². The van der Waals surface area contributed by atoms with Crippen LogP contribution in [0, 0.1) is 10.1 Å². The highest BCUT2D eigenvalue weighted by atomic mass is 79.9. The molecule has 2 aromatic heterocycles. The summed E-state index contributed by atoms with van der Waals surface area (Å²) >= 11 is 3.50. The normalized spacial score (nSPS) is 17.0. The van der Waals surface area contributed by atoms with Gasteiger partial charge in [-0.2, -0.15) is 4.98 Å². The van der Waals surface area contributed by atoms with E-state index in [1.165, 1.54) is 6.07 Å². The Morgan fingerprint density at radius 2 is 1.71 bits per heavy atom. The maximum Gasteiger partial charge on any atom is 0.294 e. The van der Waals surface area contributed by atoms with E-state index in [0.29, 0.717) is 49.7 Å². The quantitative estimate of drug-likeness (QED) is 0.145. The van der Waals surface area contributed by atoms with Crippen LogP contribution in [0.1, 0.15) is 12.8 Å². The summed E-state index contributed by atoms with van der Waals surface area (Å²) in [5, 5.41) is 19.1. The number of likely N-dealkylation sites (N-methyl/N-ethyl adjacent to an activating group) is 1. The van der Waals surface area contributed by atoms with Crippen LogP contribution in [0.2, 0.25) is 0 Å². The molecule has 6 rings (SSSR count). The van der Waals surface area contributed by atoms with Crippen LogP contribution in [0.25, 0.3) is 11.0 Å². The molecule has 0 saturated carbocycles. The van der Waals surface area contributed by atoms with Crippen LogP contribution in [0.5, 0.6) is 0 Å². The van der Waals surface area contributed by atoms with Gasteiger partial charge in [-0.15, -0.1) is 0 Å². The number of nitro benzene ring substituents is 1. The molecular weight excluding hydrogens is 659 g/mol. The Morgan fingerprint density at radius 3 is 2.42 bits per heavy atom. The van der Waals surface area contributed by atoms with Crippen molar-refractivity contribution in [3.05, 3.63) is 63.5 Å². The van der Waals surface area contributed by atoms with E-state index in [9.17, 15) is 14.7 Å². The second kappa shape index (κ2) is 13.0. The molecule has 236 valence electrons. The van der Waals surface area contributed by atoms with Crippen molar-refractivity contribution in [2.24, 2.45) is 0 Å². The van der Waals surface area contributed by atoms with E-state index >= 15 is 0 Å². The van der Waals surface area contributed by atoms with Gasteiger partial charge in [0.2, 0.25) is 5.95 Å². The summed E-state index contributed by atoms with van der Waals surface area (Å²) in [7, 11) is -0.618. The molecule has 0 amide bonds. The number of hydrogen-bond donors (Lipinski definition) is 2. The topological polar surface area (TPSA) is 146 Å². The predicted octanol–water partition coefficient (Wildman–Crippen LogP) is 5.04. The second-order valence-electron chi connectivity index (χ2n) is 11.9. The third-order valence-corrected chi connectivity index (χ3v) is 10.5. The Labute approximate surface area is 270 Å². The molecule has 15 heteroatoms. The van der Waals surface area contributed by atoms with Crippen LogP contribution in [0.15, 0.2) is 53.4 Å². The number of nitrogens with zero attached hydrogens (tertiary/aromatic N) is 8. The van der Waals surface area contributed by atoms with Crippen molar-refractivity contribution < 1.29 is 9.49 Å². The van der Waals surface area contributed by atoms with Crippen LogP contribution in [-0.2, 0) is 4.57 Å². The number of piperazine rings is 1. The maximum atomic E-state index is 13.3. The summed E-state index contributed by atoms with van der Waals surface area (Å²) in [6.45, 7) is 9.25. The number of piperidine rings is 1. The van der Waals surface area contributed by atoms with Gasteiger partial charge in [0.1, 0.15) is 24.2 Å². The molecule has 4 heterocycles. The molecule has 2 aliphatic rings. The van der Waals surface area contributed by atoms with Gasteiger partial charge in [0, 0.05) is 75.7 Å². The molecule has 13 nitrogen and oxygen atoms in total. The summed E-state index contributed by atoms with van der Waals surface area (Å²) in [6, 6.07) is 9.30. The fourth-order valence-electron chi connectivity index (χ4n) is 6.11. The van der Waals surface area contributed by atoms with Gasteiger partial charge in [-0.05, 0) is 73.4 Å². The number of fused-ring (bicyclic) bond motifs is 1. The molecule has 0 atom stereocenters. The lowest BCUT2D eigenvalue weighted by molar-refractivity contribution is -0.384. The molecular formula is C30H36BrN10O3P. The van der Waals surface area contributed by atoms with E-state index in [-0.39, 0.29) is 16.6 Å². The Bertz CT molecular complexity index is 1770. The Morgan fingerprint density at radius 1 is 0.978 bits per heavy atom. The molecule has 0 spiro atoms. The average molecular weight is 696 g/mol. The Kier molecular flexibility index (Phi) is 9.00. The highest BCUT2D eigenvalue weighted by Crippen LogP contribution is 2.41. The maximum absolute atomic E-state index is 13.3. The molecule has 0 radical (unpaired) electrons. The van der Waals surface area contributed by atoms with E-state index in [2.05, 4.69) is 68.2 Å². The Balaban J connectivity index is 1.20. The summed E-state index contributed by atoms with van der Waals surface area (Å²) < 4.78 is 13.9. The summed E-state index contributed by atoms with van der Waals surface area (Å²) in [5.41, 5.74) is 2.97. The van der Waals surface area contributed by atoms with E-state index in [0.717, 1.165) is 52.1 Å². The van der Waals surface area contributed by atoms with Gasteiger partial charge >= 0.3 is 0 Å².